The van der Waals surface area contributed by atoms with E-state index in [9.17, 15) is 14.0 Å². The van der Waals surface area contributed by atoms with Gasteiger partial charge in [-0.05, 0) is 47.7 Å². The van der Waals surface area contributed by atoms with Crippen molar-refractivity contribution in [3.63, 3.8) is 0 Å². The van der Waals surface area contributed by atoms with Crippen molar-refractivity contribution in [1.82, 2.24) is 10.2 Å². The molecule has 0 aliphatic heterocycles. The molecule has 1 atom stereocenters. The molecule has 0 unspecified atom stereocenters. The highest BCUT2D eigenvalue weighted by Crippen LogP contribution is 2.24. The Hall–Kier alpha value is -2.11. The largest absolute Gasteiger partial charge is 0.354 e. The second-order valence-electron chi connectivity index (χ2n) is 7.64. The van der Waals surface area contributed by atoms with Gasteiger partial charge in [-0.3, -0.25) is 9.59 Å². The van der Waals surface area contributed by atoms with E-state index in [0.717, 1.165) is 5.56 Å². The minimum atomic E-state index is -0.633. The molecule has 2 aromatic rings. The van der Waals surface area contributed by atoms with E-state index >= 15 is 0 Å². The van der Waals surface area contributed by atoms with E-state index in [1.807, 2.05) is 20.8 Å². The van der Waals surface area contributed by atoms with E-state index in [-0.39, 0.29) is 30.6 Å². The number of hydrogen-bond donors (Lipinski definition) is 1. The van der Waals surface area contributed by atoms with Crippen LogP contribution in [0, 0.1) is 11.7 Å². The van der Waals surface area contributed by atoms with Gasteiger partial charge in [-0.2, -0.15) is 0 Å². The lowest BCUT2D eigenvalue weighted by molar-refractivity contribution is -0.141. The minimum absolute atomic E-state index is 0.0650. The fourth-order valence-electron chi connectivity index (χ4n) is 3.06. The molecule has 0 heterocycles. The highest BCUT2D eigenvalue weighted by atomic mass is 35.5. The summed E-state index contributed by atoms with van der Waals surface area (Å²) in [6.45, 7) is 6.63. The van der Waals surface area contributed by atoms with Crippen molar-refractivity contribution < 1.29 is 14.0 Å². The van der Waals surface area contributed by atoms with E-state index in [4.69, 9.17) is 23.2 Å². The lowest BCUT2D eigenvalue weighted by atomic mass is 10.1. The van der Waals surface area contributed by atoms with Crippen LogP contribution in [0.1, 0.15) is 38.3 Å². The Labute approximate surface area is 187 Å². The second-order valence-corrected chi connectivity index (χ2v) is 8.45. The molecule has 0 aromatic heterocycles. The maximum Gasteiger partial charge on any atom is 0.242 e. The van der Waals surface area contributed by atoms with Crippen molar-refractivity contribution in [3.05, 3.63) is 69.5 Å². The number of nitrogens with zero attached hydrogens (tertiary/aromatic N) is 1. The molecule has 0 saturated carbocycles. The summed E-state index contributed by atoms with van der Waals surface area (Å²) in [4.78, 5) is 27.6. The molecule has 2 rings (SSSR count). The van der Waals surface area contributed by atoms with Crippen LogP contribution in [0.2, 0.25) is 10.0 Å². The zero-order valence-electron chi connectivity index (χ0n) is 17.4. The first-order valence-electron chi connectivity index (χ1n) is 9.96. The third-order valence-corrected chi connectivity index (χ3v) is 5.42. The second kappa shape index (κ2) is 11.3. The van der Waals surface area contributed by atoms with Crippen molar-refractivity contribution in [2.24, 2.45) is 5.92 Å². The first kappa shape index (κ1) is 24.2. The van der Waals surface area contributed by atoms with Crippen molar-refractivity contribution >= 4 is 35.0 Å². The maximum absolute atomic E-state index is 13.2. The average Bonchev–Trinajstić information content (AvgIpc) is 2.70. The molecule has 0 radical (unpaired) electrons. The zero-order valence-corrected chi connectivity index (χ0v) is 18.9. The van der Waals surface area contributed by atoms with E-state index < -0.39 is 6.04 Å². The van der Waals surface area contributed by atoms with Crippen LogP contribution in [0.25, 0.3) is 0 Å². The Morgan fingerprint density at radius 3 is 2.23 bits per heavy atom. The van der Waals surface area contributed by atoms with Crippen LogP contribution in [-0.4, -0.2) is 29.3 Å². The van der Waals surface area contributed by atoms with E-state index in [1.165, 1.54) is 12.1 Å². The fraction of sp³-hybridized carbons (Fsp3) is 0.391. The van der Waals surface area contributed by atoms with Crippen LogP contribution in [0.4, 0.5) is 4.39 Å². The van der Waals surface area contributed by atoms with Crippen molar-refractivity contribution in [2.45, 2.75) is 46.2 Å². The Bertz CT molecular complexity index is 872. The first-order chi connectivity index (χ1) is 14.2. The lowest BCUT2D eigenvalue weighted by Gasteiger charge is -2.31. The van der Waals surface area contributed by atoms with Gasteiger partial charge in [0.1, 0.15) is 11.9 Å². The lowest BCUT2D eigenvalue weighted by Crippen LogP contribution is -2.50. The monoisotopic (exact) mass is 452 g/mol. The van der Waals surface area contributed by atoms with Crippen LogP contribution in [0.5, 0.6) is 0 Å². The quantitative estimate of drug-likeness (QED) is 0.564. The van der Waals surface area contributed by atoms with Crippen LogP contribution < -0.4 is 5.32 Å². The number of amides is 2. The predicted octanol–water partition coefficient (Wildman–Crippen LogP) is 5.25. The summed E-state index contributed by atoms with van der Waals surface area (Å²) in [6, 6.07) is 10.3. The van der Waals surface area contributed by atoms with E-state index in [0.29, 0.717) is 34.5 Å². The van der Waals surface area contributed by atoms with Crippen LogP contribution in [0.15, 0.2) is 42.5 Å². The summed E-state index contributed by atoms with van der Waals surface area (Å²) >= 11 is 12.1. The molecule has 4 nitrogen and oxygen atoms in total. The molecule has 30 heavy (non-hydrogen) atoms. The molecule has 1 N–H and O–H groups in total. The number of hydrogen-bond acceptors (Lipinski definition) is 2. The highest BCUT2D eigenvalue weighted by Gasteiger charge is 2.28. The number of benzene rings is 2. The summed E-state index contributed by atoms with van der Waals surface area (Å²) in [5, 5.41) is 3.73. The predicted molar refractivity (Wildman–Crippen MR) is 119 cm³/mol. The van der Waals surface area contributed by atoms with E-state index in [2.05, 4.69) is 5.32 Å². The molecule has 0 saturated heterocycles. The molecule has 0 fully saturated rings. The number of rotatable bonds is 9. The summed E-state index contributed by atoms with van der Waals surface area (Å²) in [7, 11) is 0. The Morgan fingerprint density at radius 1 is 1.03 bits per heavy atom. The standard InChI is InChI=1S/C23H27Cl2FN2O2/c1-4-21(23(30)27-13-15(2)3)28(14-17-7-10-19(24)20(25)11-17)22(29)12-16-5-8-18(26)9-6-16/h5-11,15,21H,4,12-14H2,1-3H3,(H,27,30)/t21-/m1/s1. The summed E-state index contributed by atoms with van der Waals surface area (Å²) < 4.78 is 13.2. The topological polar surface area (TPSA) is 49.4 Å². The van der Waals surface area contributed by atoms with Gasteiger partial charge in [0.25, 0.3) is 0 Å². The van der Waals surface area contributed by atoms with Crippen molar-refractivity contribution in [3.8, 4) is 0 Å². The van der Waals surface area contributed by atoms with Gasteiger partial charge >= 0.3 is 0 Å². The number of nitrogens with one attached hydrogen (secondary N) is 1. The summed E-state index contributed by atoms with van der Waals surface area (Å²) in [6.07, 6.45) is 0.524. The van der Waals surface area contributed by atoms with Gasteiger partial charge in [0.05, 0.1) is 16.5 Å². The number of carbonyl (C=O) groups is 2. The molecule has 7 heteroatoms. The smallest absolute Gasteiger partial charge is 0.242 e. The Balaban J connectivity index is 2.28. The third kappa shape index (κ3) is 6.99. The Kier molecular flexibility index (Phi) is 9.12. The normalized spacial score (nSPS) is 12.0. The van der Waals surface area contributed by atoms with Crippen molar-refractivity contribution in [2.75, 3.05) is 6.54 Å². The number of carbonyl (C=O) groups excluding carboxylic acids is 2. The highest BCUT2D eigenvalue weighted by molar-refractivity contribution is 6.42. The molecular formula is C23H27Cl2FN2O2. The van der Waals surface area contributed by atoms with Crippen molar-refractivity contribution in [1.29, 1.82) is 0 Å². The summed E-state index contributed by atoms with van der Waals surface area (Å²) in [5.41, 5.74) is 1.45. The van der Waals surface area contributed by atoms with Crippen LogP contribution in [0.3, 0.4) is 0 Å². The zero-order chi connectivity index (χ0) is 22.3. The van der Waals surface area contributed by atoms with Crippen LogP contribution >= 0.6 is 23.2 Å². The molecule has 0 spiro atoms. The molecule has 0 aliphatic rings. The SMILES string of the molecule is CC[C@H](C(=O)NCC(C)C)N(Cc1ccc(Cl)c(Cl)c1)C(=O)Cc1ccc(F)cc1. The van der Waals surface area contributed by atoms with Gasteiger partial charge in [0, 0.05) is 13.1 Å². The van der Waals surface area contributed by atoms with Gasteiger partial charge in [-0.1, -0.05) is 62.2 Å². The molecule has 0 aliphatic carbocycles. The van der Waals surface area contributed by atoms with Crippen LogP contribution in [-0.2, 0) is 22.6 Å². The number of halogens is 3. The van der Waals surface area contributed by atoms with Gasteiger partial charge < -0.3 is 10.2 Å². The first-order valence-corrected chi connectivity index (χ1v) is 10.7. The average molecular weight is 453 g/mol. The van der Waals surface area contributed by atoms with Gasteiger partial charge in [-0.15, -0.1) is 0 Å². The van der Waals surface area contributed by atoms with Gasteiger partial charge in [0.2, 0.25) is 11.8 Å². The van der Waals surface area contributed by atoms with Gasteiger partial charge in [-0.25, -0.2) is 4.39 Å². The third-order valence-electron chi connectivity index (χ3n) is 4.68. The molecule has 162 valence electrons. The molecule has 0 bridgehead atoms. The Morgan fingerprint density at radius 2 is 1.67 bits per heavy atom. The maximum atomic E-state index is 13.2. The summed E-state index contributed by atoms with van der Waals surface area (Å²) in [5.74, 6) is -0.485. The van der Waals surface area contributed by atoms with Gasteiger partial charge in [0.15, 0.2) is 0 Å². The van der Waals surface area contributed by atoms with E-state index in [1.54, 1.807) is 35.2 Å². The molecular weight excluding hydrogens is 426 g/mol. The molecule has 2 aromatic carbocycles. The molecule has 2 amide bonds. The fourth-order valence-corrected chi connectivity index (χ4v) is 3.38. The minimum Gasteiger partial charge on any atom is -0.354 e.